The van der Waals surface area contributed by atoms with Gasteiger partial charge in [-0.05, 0) is 67.8 Å². The van der Waals surface area contributed by atoms with E-state index in [4.69, 9.17) is 4.42 Å². The van der Waals surface area contributed by atoms with Crippen molar-refractivity contribution in [3.05, 3.63) is 70.8 Å². The van der Waals surface area contributed by atoms with Gasteiger partial charge in [0.2, 0.25) is 0 Å². The van der Waals surface area contributed by atoms with Crippen LogP contribution in [0.3, 0.4) is 0 Å². The lowest BCUT2D eigenvalue weighted by atomic mass is 10.0. The lowest BCUT2D eigenvalue weighted by molar-refractivity contribution is 0.0950. The highest BCUT2D eigenvalue weighted by atomic mass is 16.3. The van der Waals surface area contributed by atoms with E-state index in [2.05, 4.69) is 27.6 Å². The summed E-state index contributed by atoms with van der Waals surface area (Å²) in [6, 6.07) is 11.4. The zero-order valence-electron chi connectivity index (χ0n) is 14.9. The highest BCUT2D eigenvalue weighted by Gasteiger charge is 2.10. The maximum Gasteiger partial charge on any atom is 0.289 e. The maximum absolute atomic E-state index is 12.2. The first-order valence-corrected chi connectivity index (χ1v) is 8.21. The number of hydrogen-bond acceptors (Lipinski definition) is 4. The molecule has 0 bridgehead atoms. The Morgan fingerprint density at radius 2 is 2.08 bits per heavy atom. The van der Waals surface area contributed by atoms with E-state index in [0.717, 1.165) is 22.6 Å². The number of H-pyrrole nitrogens is 1. The van der Waals surface area contributed by atoms with Gasteiger partial charge in [0, 0.05) is 5.56 Å². The van der Waals surface area contributed by atoms with Crippen LogP contribution < -0.4 is 5.43 Å². The fourth-order valence-corrected chi connectivity index (χ4v) is 2.37. The minimum Gasteiger partial charge on any atom is -0.465 e. The monoisotopic (exact) mass is 348 g/mol. The van der Waals surface area contributed by atoms with Crippen LogP contribution in [0.15, 0.2) is 57.8 Å². The fourth-order valence-electron chi connectivity index (χ4n) is 2.37. The molecule has 26 heavy (non-hydrogen) atoms. The van der Waals surface area contributed by atoms with Crippen LogP contribution in [-0.2, 0) is 0 Å². The van der Waals surface area contributed by atoms with Gasteiger partial charge in [0.15, 0.2) is 0 Å². The van der Waals surface area contributed by atoms with Crippen LogP contribution in [0, 0.1) is 13.8 Å². The van der Waals surface area contributed by atoms with Gasteiger partial charge >= 0.3 is 0 Å². The van der Waals surface area contributed by atoms with Gasteiger partial charge in [-0.15, -0.1) is 0 Å². The van der Waals surface area contributed by atoms with Crippen molar-refractivity contribution in [2.75, 3.05) is 0 Å². The Bertz CT molecular complexity index is 966. The molecule has 0 aliphatic heterocycles. The smallest absolute Gasteiger partial charge is 0.289 e. The molecule has 0 aliphatic carbocycles. The number of benzene rings is 1. The summed E-state index contributed by atoms with van der Waals surface area (Å²) in [5.41, 5.74) is 7.76. The third-order valence-electron chi connectivity index (χ3n) is 3.97. The first-order chi connectivity index (χ1) is 12.5. The molecule has 6 nitrogen and oxygen atoms in total. The summed E-state index contributed by atoms with van der Waals surface area (Å²) in [5.74, 6) is 0.376. The molecular weight excluding hydrogens is 328 g/mol. The molecule has 2 N–H and O–H groups in total. The third-order valence-corrected chi connectivity index (χ3v) is 3.97. The Balaban J connectivity index is 1.64. The average molecular weight is 348 g/mol. The van der Waals surface area contributed by atoms with Gasteiger partial charge in [0.1, 0.15) is 11.5 Å². The van der Waals surface area contributed by atoms with Gasteiger partial charge in [0.25, 0.3) is 5.91 Å². The summed E-state index contributed by atoms with van der Waals surface area (Å²) < 4.78 is 5.22. The molecule has 1 aromatic carbocycles. The minimum absolute atomic E-state index is 0.350. The van der Waals surface area contributed by atoms with Crippen LogP contribution in [0.1, 0.15) is 34.3 Å². The highest BCUT2D eigenvalue weighted by molar-refractivity contribution is 5.94. The van der Waals surface area contributed by atoms with Gasteiger partial charge in [0.05, 0.1) is 18.2 Å². The van der Waals surface area contributed by atoms with E-state index in [9.17, 15) is 4.79 Å². The number of aromatic nitrogens is 2. The Hall–Kier alpha value is -3.41. The molecule has 0 saturated heterocycles. The standard InChI is InChI=1S/C20H20N4O2/c1-13(9-17-5-4-8-26-17)12-21-24-20(25)19-11-18(22-23-19)16-7-6-14(2)15(3)10-16/h4-12H,1-3H3,(H,22,23)(H,24,25)/b13-9-,21-12+. The zero-order chi connectivity index (χ0) is 18.5. The molecular formula is C20H20N4O2. The summed E-state index contributed by atoms with van der Waals surface area (Å²) >= 11 is 0. The van der Waals surface area contributed by atoms with Crippen molar-refractivity contribution in [1.29, 1.82) is 0 Å². The van der Waals surface area contributed by atoms with Crippen LogP contribution in [0.25, 0.3) is 17.3 Å². The molecule has 0 atom stereocenters. The number of rotatable bonds is 5. The van der Waals surface area contributed by atoms with E-state index in [-0.39, 0.29) is 5.91 Å². The van der Waals surface area contributed by atoms with Crippen LogP contribution in [0.5, 0.6) is 0 Å². The van der Waals surface area contributed by atoms with E-state index in [1.165, 1.54) is 11.1 Å². The molecule has 6 heteroatoms. The Morgan fingerprint density at radius 1 is 1.23 bits per heavy atom. The topological polar surface area (TPSA) is 83.3 Å². The number of furan rings is 1. The van der Waals surface area contributed by atoms with E-state index in [0.29, 0.717) is 5.69 Å². The molecule has 3 aromatic rings. The Kier molecular flexibility index (Phi) is 5.12. The first-order valence-electron chi connectivity index (χ1n) is 8.21. The number of carbonyl (C=O) groups excluding carboxylic acids is 1. The SMILES string of the molecule is CC(=C/c1ccco1)/C=N/NC(=O)c1cc(-c2ccc(C)c(C)c2)n[nH]1. The molecule has 0 spiro atoms. The normalized spacial score (nSPS) is 11.9. The lowest BCUT2D eigenvalue weighted by Crippen LogP contribution is -2.17. The van der Waals surface area contributed by atoms with Gasteiger partial charge in [-0.3, -0.25) is 9.89 Å². The Labute approximate surface area is 151 Å². The second-order valence-electron chi connectivity index (χ2n) is 6.07. The summed E-state index contributed by atoms with van der Waals surface area (Å²) in [4.78, 5) is 12.2. The number of aromatic amines is 1. The second-order valence-corrected chi connectivity index (χ2v) is 6.07. The largest absolute Gasteiger partial charge is 0.465 e. The third kappa shape index (κ3) is 4.16. The molecule has 2 heterocycles. The number of amides is 1. The van der Waals surface area contributed by atoms with Crippen molar-refractivity contribution < 1.29 is 9.21 Å². The number of carbonyl (C=O) groups is 1. The van der Waals surface area contributed by atoms with Crippen molar-refractivity contribution in [1.82, 2.24) is 15.6 Å². The molecule has 0 aliphatic rings. The van der Waals surface area contributed by atoms with Crippen LogP contribution in [0.2, 0.25) is 0 Å². The predicted octanol–water partition coefficient (Wildman–Crippen LogP) is 4.11. The first kappa shape index (κ1) is 17.4. The van der Waals surface area contributed by atoms with Crippen molar-refractivity contribution in [3.8, 4) is 11.3 Å². The summed E-state index contributed by atoms with van der Waals surface area (Å²) in [5, 5.41) is 10.9. The number of nitrogens with one attached hydrogen (secondary N) is 2. The number of hydrazone groups is 1. The van der Waals surface area contributed by atoms with Crippen LogP contribution in [0.4, 0.5) is 0 Å². The van der Waals surface area contributed by atoms with Crippen LogP contribution >= 0.6 is 0 Å². The van der Waals surface area contributed by atoms with Gasteiger partial charge in [-0.2, -0.15) is 10.2 Å². The molecule has 0 fully saturated rings. The van der Waals surface area contributed by atoms with Crippen molar-refractivity contribution in [3.63, 3.8) is 0 Å². The molecule has 3 rings (SSSR count). The van der Waals surface area contributed by atoms with Gasteiger partial charge in [-0.25, -0.2) is 5.43 Å². The quantitative estimate of drug-likeness (QED) is 0.538. The van der Waals surface area contributed by atoms with Gasteiger partial charge < -0.3 is 4.42 Å². The predicted molar refractivity (Wildman–Crippen MR) is 102 cm³/mol. The number of aryl methyl sites for hydroxylation is 2. The fraction of sp³-hybridized carbons (Fsp3) is 0.150. The van der Waals surface area contributed by atoms with E-state index >= 15 is 0 Å². The summed E-state index contributed by atoms with van der Waals surface area (Å²) in [6.45, 7) is 5.97. The van der Waals surface area contributed by atoms with E-state index in [1.807, 2.05) is 50.3 Å². The maximum atomic E-state index is 12.2. The number of nitrogens with zero attached hydrogens (tertiary/aromatic N) is 2. The van der Waals surface area contributed by atoms with Crippen molar-refractivity contribution in [2.45, 2.75) is 20.8 Å². The second kappa shape index (κ2) is 7.65. The average Bonchev–Trinajstić information content (AvgIpc) is 3.29. The molecule has 132 valence electrons. The van der Waals surface area contributed by atoms with Crippen molar-refractivity contribution >= 4 is 18.2 Å². The van der Waals surface area contributed by atoms with Crippen LogP contribution in [-0.4, -0.2) is 22.3 Å². The summed E-state index contributed by atoms with van der Waals surface area (Å²) in [6.07, 6.45) is 4.98. The van der Waals surface area contributed by atoms with Crippen molar-refractivity contribution in [2.24, 2.45) is 5.10 Å². The summed E-state index contributed by atoms with van der Waals surface area (Å²) in [7, 11) is 0. The van der Waals surface area contributed by atoms with E-state index < -0.39 is 0 Å². The lowest BCUT2D eigenvalue weighted by Gasteiger charge is -2.01. The molecule has 0 unspecified atom stereocenters. The minimum atomic E-state index is -0.352. The van der Waals surface area contributed by atoms with Gasteiger partial charge in [-0.1, -0.05) is 12.1 Å². The molecule has 0 radical (unpaired) electrons. The number of allylic oxidation sites excluding steroid dienone is 1. The highest BCUT2D eigenvalue weighted by Crippen LogP contribution is 2.20. The molecule has 1 amide bonds. The molecule has 0 saturated carbocycles. The van der Waals surface area contributed by atoms with E-state index in [1.54, 1.807) is 18.5 Å². The zero-order valence-corrected chi connectivity index (χ0v) is 14.9. The Morgan fingerprint density at radius 3 is 2.81 bits per heavy atom. The number of hydrogen-bond donors (Lipinski definition) is 2. The molecule has 2 aromatic heterocycles.